The Morgan fingerprint density at radius 3 is 2.36 bits per heavy atom. The van der Waals surface area contributed by atoms with Crippen LogP contribution in [0.3, 0.4) is 0 Å². The number of rotatable bonds is 7. The van der Waals surface area contributed by atoms with Gasteiger partial charge in [0.2, 0.25) is 5.91 Å². The van der Waals surface area contributed by atoms with Gasteiger partial charge in [-0.25, -0.2) is 5.43 Å². The van der Waals surface area contributed by atoms with E-state index in [0.717, 1.165) is 5.56 Å². The molecule has 0 saturated heterocycles. The molecule has 25 heavy (non-hydrogen) atoms. The molecule has 0 fully saturated rings. The van der Waals surface area contributed by atoms with E-state index in [9.17, 15) is 19.7 Å². The molecule has 0 spiro atoms. The first-order valence-corrected chi connectivity index (χ1v) is 7.59. The highest BCUT2D eigenvalue weighted by Gasteiger charge is 2.07. The first kappa shape index (κ1) is 18.0. The number of amides is 1. The quantitative estimate of drug-likeness (QED) is 0.363. The van der Waals surface area contributed by atoms with Gasteiger partial charge in [-0.1, -0.05) is 42.0 Å². The number of nitrogens with one attached hydrogen (secondary N) is 1. The van der Waals surface area contributed by atoms with Crippen LogP contribution in [0.25, 0.3) is 0 Å². The Kier molecular flexibility index (Phi) is 6.11. The van der Waals surface area contributed by atoms with Gasteiger partial charge in [-0.15, -0.1) is 0 Å². The van der Waals surface area contributed by atoms with Crippen molar-refractivity contribution < 1.29 is 14.5 Å². The van der Waals surface area contributed by atoms with Crippen LogP contribution in [-0.4, -0.2) is 22.8 Å². The van der Waals surface area contributed by atoms with E-state index in [1.807, 2.05) is 19.1 Å². The number of Topliss-reactive ketones (excluding diaryl/α,β-unsaturated/α-hetero) is 1. The molecule has 0 unspecified atom stereocenters. The van der Waals surface area contributed by atoms with E-state index in [0.29, 0.717) is 11.1 Å². The molecule has 0 bridgehead atoms. The van der Waals surface area contributed by atoms with Crippen molar-refractivity contribution in [3.8, 4) is 0 Å². The lowest BCUT2D eigenvalue weighted by Gasteiger charge is -2.01. The molecule has 2 rings (SSSR count). The molecular formula is C18H17N3O4. The largest absolute Gasteiger partial charge is 0.294 e. The van der Waals surface area contributed by atoms with Gasteiger partial charge in [0.05, 0.1) is 11.3 Å². The van der Waals surface area contributed by atoms with Gasteiger partial charge in [-0.05, 0) is 12.5 Å². The van der Waals surface area contributed by atoms with Crippen molar-refractivity contribution >= 4 is 23.6 Å². The molecule has 0 aliphatic carbocycles. The number of nitro groups is 1. The Labute approximate surface area is 144 Å². The van der Waals surface area contributed by atoms with E-state index < -0.39 is 4.92 Å². The second kappa shape index (κ2) is 8.49. The molecular weight excluding hydrogens is 322 g/mol. The molecule has 128 valence electrons. The van der Waals surface area contributed by atoms with Crippen LogP contribution in [-0.2, 0) is 11.2 Å². The van der Waals surface area contributed by atoms with Gasteiger partial charge in [0.25, 0.3) is 5.69 Å². The van der Waals surface area contributed by atoms with Gasteiger partial charge in [0, 0.05) is 30.3 Å². The third-order valence-electron chi connectivity index (χ3n) is 3.44. The van der Waals surface area contributed by atoms with Crippen LogP contribution in [0.5, 0.6) is 0 Å². The number of non-ortho nitro benzene ring substituents is 1. The lowest BCUT2D eigenvalue weighted by atomic mass is 10.1. The maximum absolute atomic E-state index is 11.9. The van der Waals surface area contributed by atoms with E-state index >= 15 is 0 Å². The molecule has 1 amide bonds. The van der Waals surface area contributed by atoms with Crippen LogP contribution in [0.1, 0.15) is 27.9 Å². The number of hydrogen-bond donors (Lipinski definition) is 1. The summed E-state index contributed by atoms with van der Waals surface area (Å²) in [7, 11) is 0. The fourth-order valence-corrected chi connectivity index (χ4v) is 2.06. The summed E-state index contributed by atoms with van der Waals surface area (Å²) < 4.78 is 0. The average Bonchev–Trinajstić information content (AvgIpc) is 2.59. The van der Waals surface area contributed by atoms with E-state index in [4.69, 9.17) is 0 Å². The van der Waals surface area contributed by atoms with Crippen LogP contribution in [0, 0.1) is 17.0 Å². The summed E-state index contributed by atoms with van der Waals surface area (Å²) in [6.07, 6.45) is 1.47. The smallest absolute Gasteiger partial charge is 0.269 e. The molecule has 0 heterocycles. The van der Waals surface area contributed by atoms with Gasteiger partial charge < -0.3 is 0 Å². The standard InChI is InChI=1S/C18H17N3O4/c1-13-2-6-15(7-3-13)17(22)10-11-19-20-18(23)12-14-4-8-16(9-5-14)21(24)25/h2-9,11H,10,12H2,1H3,(H,20,23)/b19-11-. The molecule has 1 N–H and O–H groups in total. The van der Waals surface area contributed by atoms with Crippen molar-refractivity contribution in [3.05, 3.63) is 75.3 Å². The van der Waals surface area contributed by atoms with E-state index in [-0.39, 0.29) is 30.2 Å². The Bertz CT molecular complexity index is 796. The molecule has 0 atom stereocenters. The van der Waals surface area contributed by atoms with Crippen molar-refractivity contribution in [1.29, 1.82) is 0 Å². The Hall–Kier alpha value is -3.35. The zero-order valence-corrected chi connectivity index (χ0v) is 13.6. The maximum atomic E-state index is 11.9. The molecule has 2 aromatic carbocycles. The summed E-state index contributed by atoms with van der Waals surface area (Å²) in [5.41, 5.74) is 4.60. The summed E-state index contributed by atoms with van der Waals surface area (Å²) >= 11 is 0. The molecule has 0 aliphatic heterocycles. The number of aryl methyl sites for hydroxylation is 1. The van der Waals surface area contributed by atoms with Crippen molar-refractivity contribution in [3.63, 3.8) is 0 Å². The number of hydrazone groups is 1. The third kappa shape index (κ3) is 5.65. The lowest BCUT2D eigenvalue weighted by Crippen LogP contribution is -2.19. The predicted molar refractivity (Wildman–Crippen MR) is 93.6 cm³/mol. The summed E-state index contributed by atoms with van der Waals surface area (Å²) in [6, 6.07) is 12.9. The van der Waals surface area contributed by atoms with Crippen LogP contribution >= 0.6 is 0 Å². The molecule has 7 nitrogen and oxygen atoms in total. The highest BCUT2D eigenvalue weighted by atomic mass is 16.6. The number of hydrogen-bond acceptors (Lipinski definition) is 5. The summed E-state index contributed by atoms with van der Waals surface area (Å²) in [6.45, 7) is 1.94. The Morgan fingerprint density at radius 2 is 1.76 bits per heavy atom. The summed E-state index contributed by atoms with van der Waals surface area (Å²) in [4.78, 5) is 33.7. The fourth-order valence-electron chi connectivity index (χ4n) is 2.06. The van der Waals surface area contributed by atoms with Gasteiger partial charge >= 0.3 is 0 Å². The predicted octanol–water partition coefficient (Wildman–Crippen LogP) is 2.82. The second-order valence-electron chi connectivity index (χ2n) is 5.44. The first-order valence-electron chi connectivity index (χ1n) is 7.59. The highest BCUT2D eigenvalue weighted by molar-refractivity contribution is 6.03. The zero-order chi connectivity index (χ0) is 18.2. The normalized spacial score (nSPS) is 10.6. The van der Waals surface area contributed by atoms with E-state index in [2.05, 4.69) is 10.5 Å². The second-order valence-corrected chi connectivity index (χ2v) is 5.44. The molecule has 7 heteroatoms. The van der Waals surface area contributed by atoms with E-state index in [1.165, 1.54) is 30.5 Å². The first-order chi connectivity index (χ1) is 12.0. The number of nitro benzene ring substituents is 1. The number of nitrogens with zero attached hydrogens (tertiary/aromatic N) is 2. The number of carbonyl (C=O) groups excluding carboxylic acids is 2. The summed E-state index contributed by atoms with van der Waals surface area (Å²) in [5.74, 6) is -0.457. The highest BCUT2D eigenvalue weighted by Crippen LogP contribution is 2.12. The minimum atomic E-state index is -0.501. The SMILES string of the molecule is Cc1ccc(C(=O)C/C=N\NC(=O)Cc2ccc([N+](=O)[O-])cc2)cc1. The zero-order valence-electron chi connectivity index (χ0n) is 13.6. The molecule has 2 aromatic rings. The van der Waals surface area contributed by atoms with Gasteiger partial charge in [0.15, 0.2) is 5.78 Å². The van der Waals surface area contributed by atoms with Crippen molar-refractivity contribution in [2.45, 2.75) is 19.8 Å². The Balaban J connectivity index is 1.79. The van der Waals surface area contributed by atoms with Gasteiger partial charge in [-0.3, -0.25) is 19.7 Å². The fraction of sp³-hybridized carbons (Fsp3) is 0.167. The van der Waals surface area contributed by atoms with Crippen LogP contribution in [0.4, 0.5) is 5.69 Å². The monoisotopic (exact) mass is 339 g/mol. The van der Waals surface area contributed by atoms with Crippen molar-refractivity contribution in [1.82, 2.24) is 5.43 Å². The van der Waals surface area contributed by atoms with Gasteiger partial charge in [0.1, 0.15) is 0 Å². The van der Waals surface area contributed by atoms with Crippen LogP contribution in [0.2, 0.25) is 0 Å². The topological polar surface area (TPSA) is 102 Å². The number of carbonyl (C=O) groups is 2. The number of benzene rings is 2. The minimum absolute atomic E-state index is 0.0307. The van der Waals surface area contributed by atoms with E-state index in [1.54, 1.807) is 12.1 Å². The Morgan fingerprint density at radius 1 is 1.12 bits per heavy atom. The third-order valence-corrected chi connectivity index (χ3v) is 3.44. The molecule has 0 saturated carbocycles. The van der Waals surface area contributed by atoms with Crippen molar-refractivity contribution in [2.75, 3.05) is 0 Å². The maximum Gasteiger partial charge on any atom is 0.269 e. The summed E-state index contributed by atoms with van der Waals surface area (Å²) in [5, 5.41) is 14.3. The number of ketones is 1. The average molecular weight is 339 g/mol. The van der Waals surface area contributed by atoms with Crippen molar-refractivity contribution in [2.24, 2.45) is 5.10 Å². The van der Waals surface area contributed by atoms with Crippen LogP contribution in [0.15, 0.2) is 53.6 Å². The molecule has 0 aliphatic rings. The van der Waals surface area contributed by atoms with Crippen LogP contribution < -0.4 is 5.43 Å². The molecule has 0 radical (unpaired) electrons. The lowest BCUT2D eigenvalue weighted by molar-refractivity contribution is -0.384. The van der Waals surface area contributed by atoms with Gasteiger partial charge in [-0.2, -0.15) is 5.10 Å². The minimum Gasteiger partial charge on any atom is -0.294 e. The molecule has 0 aromatic heterocycles.